The van der Waals surface area contributed by atoms with Crippen molar-refractivity contribution in [2.45, 2.75) is 39.5 Å². The van der Waals surface area contributed by atoms with Crippen molar-refractivity contribution in [2.75, 3.05) is 13.1 Å². The third-order valence-corrected chi connectivity index (χ3v) is 2.66. The summed E-state index contributed by atoms with van der Waals surface area (Å²) in [6, 6.07) is 2.07. The highest BCUT2D eigenvalue weighted by Gasteiger charge is 2.08. The van der Waals surface area contributed by atoms with Crippen molar-refractivity contribution in [3.8, 4) is 0 Å². The van der Waals surface area contributed by atoms with Gasteiger partial charge in [-0.2, -0.15) is 0 Å². The SMILES string of the molecule is CCCNCC(CCC)Cc1ccoc1. The van der Waals surface area contributed by atoms with Crippen LogP contribution in [-0.4, -0.2) is 13.1 Å². The molecule has 0 amide bonds. The molecule has 2 nitrogen and oxygen atoms in total. The maximum Gasteiger partial charge on any atom is 0.0934 e. The van der Waals surface area contributed by atoms with Gasteiger partial charge in [-0.05, 0) is 49.9 Å². The molecule has 0 aromatic carbocycles. The van der Waals surface area contributed by atoms with Crippen LogP contribution in [0.5, 0.6) is 0 Å². The summed E-state index contributed by atoms with van der Waals surface area (Å²) in [5.74, 6) is 0.749. The van der Waals surface area contributed by atoms with E-state index in [1.165, 1.54) is 24.8 Å². The first-order valence-corrected chi connectivity index (χ1v) is 6.08. The fraction of sp³-hybridized carbons (Fsp3) is 0.692. The average molecular weight is 209 g/mol. The Balaban J connectivity index is 2.29. The van der Waals surface area contributed by atoms with Gasteiger partial charge in [0.2, 0.25) is 0 Å². The summed E-state index contributed by atoms with van der Waals surface area (Å²) in [7, 11) is 0. The van der Waals surface area contributed by atoms with Gasteiger partial charge in [0.05, 0.1) is 12.5 Å². The van der Waals surface area contributed by atoms with E-state index in [2.05, 4.69) is 25.2 Å². The minimum Gasteiger partial charge on any atom is -0.472 e. The second-order valence-electron chi connectivity index (χ2n) is 4.19. The summed E-state index contributed by atoms with van der Waals surface area (Å²) >= 11 is 0. The minimum atomic E-state index is 0.749. The number of rotatable bonds is 8. The van der Waals surface area contributed by atoms with Crippen molar-refractivity contribution in [3.63, 3.8) is 0 Å². The summed E-state index contributed by atoms with van der Waals surface area (Å²) in [4.78, 5) is 0. The molecule has 1 aromatic rings. The lowest BCUT2D eigenvalue weighted by molar-refractivity contribution is 0.437. The molecule has 1 heterocycles. The smallest absolute Gasteiger partial charge is 0.0934 e. The van der Waals surface area contributed by atoms with Gasteiger partial charge in [0.25, 0.3) is 0 Å². The van der Waals surface area contributed by atoms with Crippen LogP contribution in [0.2, 0.25) is 0 Å². The van der Waals surface area contributed by atoms with Gasteiger partial charge in [-0.1, -0.05) is 20.3 Å². The van der Waals surface area contributed by atoms with Crippen LogP contribution in [0.1, 0.15) is 38.7 Å². The molecule has 1 atom stereocenters. The molecule has 0 saturated carbocycles. The van der Waals surface area contributed by atoms with E-state index in [0.29, 0.717) is 0 Å². The summed E-state index contributed by atoms with van der Waals surface area (Å²) in [6.45, 7) is 6.72. The van der Waals surface area contributed by atoms with Crippen molar-refractivity contribution >= 4 is 0 Å². The van der Waals surface area contributed by atoms with Gasteiger partial charge >= 0.3 is 0 Å². The van der Waals surface area contributed by atoms with Crippen LogP contribution < -0.4 is 5.32 Å². The Morgan fingerprint density at radius 1 is 1.33 bits per heavy atom. The molecule has 0 saturated heterocycles. The lowest BCUT2D eigenvalue weighted by atomic mass is 9.96. The molecule has 0 bridgehead atoms. The van der Waals surface area contributed by atoms with Gasteiger partial charge in [-0.15, -0.1) is 0 Å². The predicted molar refractivity (Wildman–Crippen MR) is 64.0 cm³/mol. The van der Waals surface area contributed by atoms with Crippen LogP contribution in [-0.2, 0) is 6.42 Å². The Labute approximate surface area is 93.1 Å². The Morgan fingerprint density at radius 2 is 2.20 bits per heavy atom. The fourth-order valence-corrected chi connectivity index (χ4v) is 1.91. The van der Waals surface area contributed by atoms with E-state index in [1.54, 1.807) is 6.26 Å². The minimum absolute atomic E-state index is 0.749. The van der Waals surface area contributed by atoms with Crippen molar-refractivity contribution in [2.24, 2.45) is 5.92 Å². The molecule has 1 unspecified atom stereocenters. The van der Waals surface area contributed by atoms with Crippen LogP contribution >= 0.6 is 0 Å². The first-order chi connectivity index (χ1) is 7.36. The second kappa shape index (κ2) is 7.52. The quantitative estimate of drug-likeness (QED) is 0.665. The van der Waals surface area contributed by atoms with Crippen LogP contribution in [0, 0.1) is 5.92 Å². The number of hydrogen-bond acceptors (Lipinski definition) is 2. The predicted octanol–water partition coefficient (Wildman–Crippen LogP) is 3.24. The molecule has 0 aliphatic carbocycles. The molecule has 0 aliphatic heterocycles. The Kier molecular flexibility index (Phi) is 6.17. The van der Waals surface area contributed by atoms with Crippen molar-refractivity contribution in [1.29, 1.82) is 0 Å². The topological polar surface area (TPSA) is 25.2 Å². The number of furan rings is 1. The molecular weight excluding hydrogens is 186 g/mol. The highest BCUT2D eigenvalue weighted by atomic mass is 16.3. The standard InChI is InChI=1S/C13H23NO/c1-3-5-12(10-14-7-4-2)9-13-6-8-15-11-13/h6,8,11-12,14H,3-5,7,9-10H2,1-2H3. The summed E-state index contributed by atoms with van der Waals surface area (Å²) in [6.07, 6.45) is 8.53. The lowest BCUT2D eigenvalue weighted by Gasteiger charge is -2.15. The second-order valence-corrected chi connectivity index (χ2v) is 4.19. The van der Waals surface area contributed by atoms with Gasteiger partial charge in [0.15, 0.2) is 0 Å². The number of hydrogen-bond donors (Lipinski definition) is 1. The fourth-order valence-electron chi connectivity index (χ4n) is 1.91. The van der Waals surface area contributed by atoms with Crippen LogP contribution in [0.15, 0.2) is 23.0 Å². The summed E-state index contributed by atoms with van der Waals surface area (Å²) < 4.78 is 5.10. The summed E-state index contributed by atoms with van der Waals surface area (Å²) in [5.41, 5.74) is 1.33. The van der Waals surface area contributed by atoms with Gasteiger partial charge < -0.3 is 9.73 Å². The zero-order valence-corrected chi connectivity index (χ0v) is 9.96. The first-order valence-electron chi connectivity index (χ1n) is 6.08. The van der Waals surface area contributed by atoms with Crippen molar-refractivity contribution < 1.29 is 4.42 Å². The van der Waals surface area contributed by atoms with Crippen molar-refractivity contribution in [1.82, 2.24) is 5.32 Å². The Morgan fingerprint density at radius 3 is 2.80 bits per heavy atom. The third kappa shape index (κ3) is 5.03. The summed E-state index contributed by atoms with van der Waals surface area (Å²) in [5, 5.41) is 3.50. The molecule has 0 spiro atoms. The van der Waals surface area contributed by atoms with E-state index in [-0.39, 0.29) is 0 Å². The molecule has 0 radical (unpaired) electrons. The van der Waals surface area contributed by atoms with E-state index in [9.17, 15) is 0 Å². The Bertz CT molecular complexity index is 231. The van der Waals surface area contributed by atoms with Crippen LogP contribution in [0.4, 0.5) is 0 Å². The maximum absolute atomic E-state index is 5.10. The van der Waals surface area contributed by atoms with E-state index in [1.807, 2.05) is 6.26 Å². The normalized spacial score (nSPS) is 12.9. The maximum atomic E-state index is 5.10. The van der Waals surface area contributed by atoms with Crippen LogP contribution in [0.25, 0.3) is 0 Å². The molecule has 2 heteroatoms. The van der Waals surface area contributed by atoms with E-state index in [4.69, 9.17) is 4.42 Å². The van der Waals surface area contributed by atoms with E-state index < -0.39 is 0 Å². The highest BCUT2D eigenvalue weighted by molar-refractivity contribution is 5.06. The van der Waals surface area contributed by atoms with E-state index in [0.717, 1.165) is 25.4 Å². The zero-order chi connectivity index (χ0) is 10.9. The van der Waals surface area contributed by atoms with Gasteiger partial charge in [-0.3, -0.25) is 0 Å². The molecule has 1 N–H and O–H groups in total. The monoisotopic (exact) mass is 209 g/mol. The Hall–Kier alpha value is -0.760. The van der Waals surface area contributed by atoms with Crippen LogP contribution in [0.3, 0.4) is 0 Å². The molecule has 15 heavy (non-hydrogen) atoms. The van der Waals surface area contributed by atoms with Crippen molar-refractivity contribution in [3.05, 3.63) is 24.2 Å². The highest BCUT2D eigenvalue weighted by Crippen LogP contribution is 2.13. The molecule has 1 rings (SSSR count). The van der Waals surface area contributed by atoms with E-state index >= 15 is 0 Å². The number of nitrogens with one attached hydrogen (secondary N) is 1. The zero-order valence-electron chi connectivity index (χ0n) is 9.96. The van der Waals surface area contributed by atoms with Gasteiger partial charge in [0.1, 0.15) is 0 Å². The molecule has 86 valence electrons. The molecule has 0 fully saturated rings. The molecule has 0 aliphatic rings. The lowest BCUT2D eigenvalue weighted by Crippen LogP contribution is -2.24. The largest absolute Gasteiger partial charge is 0.472 e. The van der Waals surface area contributed by atoms with Gasteiger partial charge in [0, 0.05) is 0 Å². The molecular formula is C13H23NO. The first kappa shape index (κ1) is 12.3. The molecule has 1 aromatic heterocycles. The average Bonchev–Trinajstić information content (AvgIpc) is 2.71. The third-order valence-electron chi connectivity index (χ3n) is 2.66. The van der Waals surface area contributed by atoms with Gasteiger partial charge in [-0.25, -0.2) is 0 Å².